The number of pyridine rings is 1. The molecule has 2 fully saturated rings. The molecule has 4 aromatic rings. The highest BCUT2D eigenvalue weighted by molar-refractivity contribution is 5.96. The minimum Gasteiger partial charge on any atom is -0.508 e. The zero-order chi connectivity index (χ0) is 46.9. The van der Waals surface area contributed by atoms with Crippen LogP contribution >= 0.6 is 0 Å². The molecular weight excluding hydrogens is 823 g/mol. The predicted octanol–water partition coefficient (Wildman–Crippen LogP) is 6.57. The summed E-state index contributed by atoms with van der Waals surface area (Å²) in [5, 5.41) is 20.3. The smallest absolute Gasteiger partial charge is 0.324 e. The van der Waals surface area contributed by atoms with E-state index >= 15 is 0 Å². The minimum absolute atomic E-state index is 0.000326. The van der Waals surface area contributed by atoms with Crippen LogP contribution in [0.5, 0.6) is 5.75 Å². The Morgan fingerprint density at radius 2 is 1.83 bits per heavy atom. The molecule has 5 heterocycles. The largest absolute Gasteiger partial charge is 0.508 e. The average molecular weight is 892 g/mol. The van der Waals surface area contributed by atoms with Gasteiger partial charge in [0.25, 0.3) is 5.91 Å². The normalized spacial score (nSPS) is 22.4. The van der Waals surface area contributed by atoms with Crippen LogP contribution in [-0.2, 0) is 48.0 Å². The molecule has 2 aromatic heterocycles. The Kier molecular flexibility index (Phi) is 14.4. The van der Waals surface area contributed by atoms with Crippen molar-refractivity contribution < 1.29 is 33.8 Å². The number of cyclic esters (lactones) is 1. The van der Waals surface area contributed by atoms with Crippen LogP contribution < -0.4 is 16.1 Å². The molecule has 3 unspecified atom stereocenters. The number of hydrogen-bond donors (Lipinski definition) is 4. The SMILES string of the molecule is CCn1c(-c2cccnc2[C@H](C)OC)c2c3cc(ccc31)-c1cc(O)cc(c1)C[C@H](NC(=O)C(C(C)C)N(C)C(=O)C1CCNC1C(C)C)C(=O)N1CCC[C@H](N1)C(=O)OCC(C)(C)C2. The van der Waals surface area contributed by atoms with Crippen molar-refractivity contribution in [1.29, 1.82) is 0 Å². The molecule has 4 N–H and O–H groups in total. The molecule has 3 aliphatic heterocycles. The number of phenols is 1. The summed E-state index contributed by atoms with van der Waals surface area (Å²) < 4.78 is 14.2. The first-order valence-electron chi connectivity index (χ1n) is 23.4. The molecule has 3 amide bonds. The summed E-state index contributed by atoms with van der Waals surface area (Å²) in [5.41, 5.74) is 9.73. The lowest BCUT2D eigenvalue weighted by atomic mass is 9.84. The highest BCUT2D eigenvalue weighted by atomic mass is 16.5. The lowest BCUT2D eigenvalue weighted by molar-refractivity contribution is -0.155. The molecular formula is C51H69N7O7. The maximum Gasteiger partial charge on any atom is 0.324 e. The number of carbonyl (C=O) groups is 4. The number of likely N-dealkylation sites (N-methyl/N-ethyl adjacent to an activating group) is 1. The van der Waals surface area contributed by atoms with Gasteiger partial charge in [-0.05, 0) is 117 Å². The maximum absolute atomic E-state index is 14.7. The van der Waals surface area contributed by atoms with Crippen LogP contribution in [0.3, 0.4) is 0 Å². The number of esters is 1. The van der Waals surface area contributed by atoms with E-state index in [0.717, 1.165) is 51.1 Å². The number of carbonyl (C=O) groups excluding carboxylic acids is 4. The Morgan fingerprint density at radius 3 is 2.54 bits per heavy atom. The first kappa shape index (κ1) is 47.6. The van der Waals surface area contributed by atoms with E-state index in [-0.39, 0.29) is 54.6 Å². The molecule has 350 valence electrons. The fraction of sp³-hybridized carbons (Fsp3) is 0.549. The monoisotopic (exact) mass is 892 g/mol. The van der Waals surface area contributed by atoms with Crippen molar-refractivity contribution in [2.24, 2.45) is 23.2 Å². The molecule has 0 spiro atoms. The second kappa shape index (κ2) is 19.7. The molecule has 7 rings (SSSR count). The van der Waals surface area contributed by atoms with Gasteiger partial charge in [-0.3, -0.25) is 29.2 Å². The fourth-order valence-electron chi connectivity index (χ4n) is 10.4. The van der Waals surface area contributed by atoms with Gasteiger partial charge in [-0.15, -0.1) is 0 Å². The first-order valence-corrected chi connectivity index (χ1v) is 23.4. The van der Waals surface area contributed by atoms with Crippen molar-refractivity contribution >= 4 is 34.6 Å². The third-order valence-corrected chi connectivity index (χ3v) is 13.6. The molecule has 2 aromatic carbocycles. The van der Waals surface area contributed by atoms with E-state index in [9.17, 15) is 24.3 Å². The van der Waals surface area contributed by atoms with Crippen molar-refractivity contribution in [3.63, 3.8) is 0 Å². The Labute approximate surface area is 383 Å². The Morgan fingerprint density at radius 1 is 1.06 bits per heavy atom. The van der Waals surface area contributed by atoms with E-state index in [1.54, 1.807) is 37.4 Å². The fourth-order valence-corrected chi connectivity index (χ4v) is 10.4. The number of benzene rings is 2. The molecule has 0 saturated carbocycles. The zero-order valence-electron chi connectivity index (χ0n) is 39.9. The Balaban J connectivity index is 1.33. The van der Waals surface area contributed by atoms with Gasteiger partial charge < -0.3 is 34.7 Å². The molecule has 2 saturated heterocycles. The highest BCUT2D eigenvalue weighted by Crippen LogP contribution is 2.42. The number of aryl methyl sites for hydroxylation is 1. The van der Waals surface area contributed by atoms with E-state index in [1.807, 2.05) is 39.0 Å². The van der Waals surface area contributed by atoms with Gasteiger partial charge in [-0.25, -0.2) is 5.43 Å². The Hall–Kier alpha value is -5.31. The summed E-state index contributed by atoms with van der Waals surface area (Å²) >= 11 is 0. The number of hydrogen-bond acceptors (Lipinski definition) is 10. The lowest BCUT2D eigenvalue weighted by Gasteiger charge is -2.37. The second-order valence-corrected chi connectivity index (χ2v) is 19.8. The quantitative estimate of drug-likeness (QED) is 0.128. The number of amides is 3. The van der Waals surface area contributed by atoms with Crippen LogP contribution in [0.2, 0.25) is 0 Å². The van der Waals surface area contributed by atoms with Gasteiger partial charge in [-0.2, -0.15) is 0 Å². The summed E-state index contributed by atoms with van der Waals surface area (Å²) in [6.07, 6.45) is 3.77. The van der Waals surface area contributed by atoms with Gasteiger partial charge >= 0.3 is 5.97 Å². The summed E-state index contributed by atoms with van der Waals surface area (Å²) in [6, 6.07) is 12.8. The van der Waals surface area contributed by atoms with E-state index in [2.05, 4.69) is 73.4 Å². The topological polar surface area (TPSA) is 167 Å². The molecule has 3 aliphatic rings. The van der Waals surface area contributed by atoms with Gasteiger partial charge in [0.1, 0.15) is 23.9 Å². The van der Waals surface area contributed by atoms with Crippen LogP contribution in [0.25, 0.3) is 33.3 Å². The highest BCUT2D eigenvalue weighted by Gasteiger charge is 2.42. The van der Waals surface area contributed by atoms with E-state index in [0.29, 0.717) is 44.3 Å². The maximum atomic E-state index is 14.7. The van der Waals surface area contributed by atoms with E-state index in [4.69, 9.17) is 14.5 Å². The molecule has 14 heteroatoms. The van der Waals surface area contributed by atoms with Gasteiger partial charge in [0.2, 0.25) is 11.8 Å². The standard InChI is InChI=1S/C51H69N7O7/c1-11-57-42-17-16-33-26-38(42)39(46(57)36-14-12-19-52-44(36)31(6)64-10)27-51(7,8)28-65-50(63)40-15-13-21-58(55-40)49(62)41(24-32-22-34(33)25-35(59)23-32)54-47(60)45(30(4)5)56(9)48(61)37-18-20-53-43(37)29(2)3/h12,14,16-17,19,22-23,25-26,29-31,37,40-41,43,45,53,55,59H,11,13,15,18,20-21,24,27-28H2,1-10H3,(H,54,60)/t31-,37?,40-,41-,43?,45?/m0/s1. The molecule has 6 bridgehead atoms. The van der Waals surface area contributed by atoms with Crippen LogP contribution in [0.1, 0.15) is 97.6 Å². The number of hydrazine groups is 1. The average Bonchev–Trinajstić information content (AvgIpc) is 3.89. The number of phenolic OH excluding ortho intramolecular Hbond substituents is 1. The van der Waals surface area contributed by atoms with Crippen molar-refractivity contribution in [3.05, 3.63) is 71.5 Å². The summed E-state index contributed by atoms with van der Waals surface area (Å²) in [5.74, 6) is -1.75. The number of ether oxygens (including phenoxy) is 2. The predicted molar refractivity (Wildman–Crippen MR) is 251 cm³/mol. The van der Waals surface area contributed by atoms with Gasteiger partial charge in [0, 0.05) is 67.8 Å². The first-order chi connectivity index (χ1) is 30.9. The molecule has 0 aliphatic carbocycles. The number of aromatic hydroxyl groups is 1. The van der Waals surface area contributed by atoms with E-state index in [1.165, 1.54) is 5.01 Å². The number of methoxy groups -OCH3 is 1. The van der Waals surface area contributed by atoms with Gasteiger partial charge in [0.15, 0.2) is 0 Å². The number of fused-ring (bicyclic) bond motifs is 6. The third-order valence-electron chi connectivity index (χ3n) is 13.6. The summed E-state index contributed by atoms with van der Waals surface area (Å²) in [6.45, 7) is 18.1. The molecule has 14 nitrogen and oxygen atoms in total. The van der Waals surface area contributed by atoms with Crippen molar-refractivity contribution in [2.45, 2.75) is 124 Å². The Bertz CT molecular complexity index is 2410. The van der Waals surface area contributed by atoms with Crippen LogP contribution in [0.4, 0.5) is 0 Å². The van der Waals surface area contributed by atoms with Crippen LogP contribution in [-0.4, -0.2) is 106 Å². The summed E-state index contributed by atoms with van der Waals surface area (Å²) in [4.78, 5) is 63.7. The van der Waals surface area contributed by atoms with Crippen molar-refractivity contribution in [3.8, 4) is 28.1 Å². The molecule has 65 heavy (non-hydrogen) atoms. The van der Waals surface area contributed by atoms with Crippen molar-refractivity contribution in [1.82, 2.24) is 35.5 Å². The van der Waals surface area contributed by atoms with Gasteiger partial charge in [-0.1, -0.05) is 53.7 Å². The second-order valence-electron chi connectivity index (χ2n) is 19.8. The third kappa shape index (κ3) is 9.95. The van der Waals surface area contributed by atoms with Crippen LogP contribution in [0.15, 0.2) is 54.7 Å². The van der Waals surface area contributed by atoms with Crippen LogP contribution in [0, 0.1) is 23.2 Å². The number of nitrogens with one attached hydrogen (secondary N) is 3. The minimum atomic E-state index is -1.11. The number of nitrogens with zero attached hydrogens (tertiary/aromatic N) is 4. The lowest BCUT2D eigenvalue weighted by Crippen LogP contribution is -2.62. The number of aromatic nitrogens is 2. The van der Waals surface area contributed by atoms with Crippen molar-refractivity contribution in [2.75, 3.05) is 33.9 Å². The summed E-state index contributed by atoms with van der Waals surface area (Å²) in [7, 11) is 3.35. The zero-order valence-corrected chi connectivity index (χ0v) is 39.9. The van der Waals surface area contributed by atoms with Gasteiger partial charge in [0.05, 0.1) is 30.0 Å². The molecule has 0 radical (unpaired) electrons. The number of rotatable bonds is 10. The van der Waals surface area contributed by atoms with E-state index < -0.39 is 41.3 Å². The molecule has 6 atom stereocenters.